The summed E-state index contributed by atoms with van der Waals surface area (Å²) in [6.45, 7) is 0. The Kier molecular flexibility index (Phi) is 4.53. The number of alkyl halides is 3. The summed E-state index contributed by atoms with van der Waals surface area (Å²) in [5.74, 6) is -2.64. The summed E-state index contributed by atoms with van der Waals surface area (Å²) in [5.41, 5.74) is -1.48. The van der Waals surface area contributed by atoms with E-state index in [0.717, 1.165) is 40.3 Å². The molecule has 0 saturated heterocycles. The molecule has 0 saturated carbocycles. The van der Waals surface area contributed by atoms with Gasteiger partial charge in [0, 0.05) is 7.05 Å². The Morgan fingerprint density at radius 2 is 1.81 bits per heavy atom. The number of amides is 1. The number of rotatable bonds is 3. The number of halogens is 5. The van der Waals surface area contributed by atoms with Crippen molar-refractivity contribution in [3.05, 3.63) is 58.6 Å². The second-order valence-corrected chi connectivity index (χ2v) is 6.33. The number of carbonyl (C=O) groups excluding carboxylic acids is 1. The summed E-state index contributed by atoms with van der Waals surface area (Å²) in [7, 11) is 1.35. The molecule has 0 aliphatic rings. The molecule has 0 atom stereocenters. The van der Waals surface area contributed by atoms with E-state index in [-0.39, 0.29) is 10.6 Å². The second kappa shape index (κ2) is 6.52. The molecule has 3 aromatic rings. The number of anilines is 1. The first-order chi connectivity index (χ1) is 12.2. The molecule has 0 unspecified atom stereocenters. The third-order valence-electron chi connectivity index (χ3n) is 3.45. The van der Waals surface area contributed by atoms with E-state index in [1.54, 1.807) is 0 Å². The Balaban J connectivity index is 1.86. The summed E-state index contributed by atoms with van der Waals surface area (Å²) >= 11 is 0.878. The third-order valence-corrected chi connectivity index (χ3v) is 4.56. The van der Waals surface area contributed by atoms with Crippen LogP contribution in [0.15, 0.2) is 36.4 Å². The summed E-state index contributed by atoms with van der Waals surface area (Å²) in [5, 5.41) is 5.52. The number of aromatic nitrogens is 2. The molecule has 0 aliphatic carbocycles. The van der Waals surface area contributed by atoms with Gasteiger partial charge in [-0.25, -0.2) is 8.78 Å². The maximum Gasteiger partial charge on any atom is 0.435 e. The molecule has 10 heteroatoms. The lowest BCUT2D eigenvalue weighted by atomic mass is 10.2. The minimum atomic E-state index is -4.59. The van der Waals surface area contributed by atoms with E-state index in [0.29, 0.717) is 4.88 Å². The van der Waals surface area contributed by atoms with Gasteiger partial charge in [-0.05, 0) is 30.3 Å². The summed E-state index contributed by atoms with van der Waals surface area (Å²) in [6.07, 6.45) is -4.59. The van der Waals surface area contributed by atoms with Crippen LogP contribution < -0.4 is 5.32 Å². The summed E-state index contributed by atoms with van der Waals surface area (Å²) in [4.78, 5) is 12.6. The van der Waals surface area contributed by atoms with Crippen LogP contribution in [0, 0.1) is 11.6 Å². The molecule has 0 radical (unpaired) electrons. The zero-order chi connectivity index (χ0) is 19.1. The van der Waals surface area contributed by atoms with Crippen molar-refractivity contribution in [2.75, 3.05) is 5.32 Å². The molecule has 1 amide bonds. The Morgan fingerprint density at radius 1 is 1.15 bits per heavy atom. The fourth-order valence-corrected chi connectivity index (χ4v) is 3.17. The number of benzene rings is 1. The van der Waals surface area contributed by atoms with E-state index in [1.807, 2.05) is 0 Å². The van der Waals surface area contributed by atoms with E-state index < -0.39 is 35.1 Å². The first kappa shape index (κ1) is 18.1. The van der Waals surface area contributed by atoms with Crippen molar-refractivity contribution in [3.63, 3.8) is 0 Å². The molecular formula is C16H10F5N3OS. The quantitative estimate of drug-likeness (QED) is 0.663. The molecule has 0 spiro atoms. The predicted molar refractivity (Wildman–Crippen MR) is 85.8 cm³/mol. The lowest BCUT2D eigenvalue weighted by molar-refractivity contribution is -0.141. The molecule has 2 heterocycles. The standard InChI is InChI=1S/C16H10F5N3OS/c1-24-10(7-13(23-24)16(19,20)21)11-5-6-12(26-11)15(25)22-14-8(17)3-2-4-9(14)18/h2-7H,1H3,(H,22,25). The lowest BCUT2D eigenvalue weighted by Crippen LogP contribution is -2.12. The molecule has 3 rings (SSSR count). The average Bonchev–Trinajstić information content (AvgIpc) is 3.17. The number of hydrogen-bond acceptors (Lipinski definition) is 3. The van der Waals surface area contributed by atoms with Crippen LogP contribution in [0.3, 0.4) is 0 Å². The highest BCUT2D eigenvalue weighted by molar-refractivity contribution is 7.17. The van der Waals surface area contributed by atoms with E-state index >= 15 is 0 Å². The number of carbonyl (C=O) groups is 1. The van der Waals surface area contributed by atoms with Crippen LogP contribution >= 0.6 is 11.3 Å². The minimum Gasteiger partial charge on any atom is -0.316 e. The highest BCUT2D eigenvalue weighted by Crippen LogP contribution is 2.34. The van der Waals surface area contributed by atoms with Crippen molar-refractivity contribution in [3.8, 4) is 10.6 Å². The number of nitrogens with one attached hydrogen (secondary N) is 1. The maximum atomic E-state index is 13.6. The molecule has 26 heavy (non-hydrogen) atoms. The molecule has 136 valence electrons. The minimum absolute atomic E-state index is 0.0809. The van der Waals surface area contributed by atoms with Crippen molar-refractivity contribution in [2.45, 2.75) is 6.18 Å². The highest BCUT2D eigenvalue weighted by atomic mass is 32.1. The van der Waals surface area contributed by atoms with Gasteiger partial charge in [-0.3, -0.25) is 9.48 Å². The SMILES string of the molecule is Cn1nc(C(F)(F)F)cc1-c1ccc(C(=O)Nc2c(F)cccc2F)s1. The van der Waals surface area contributed by atoms with Crippen molar-refractivity contribution in [2.24, 2.45) is 7.05 Å². The topological polar surface area (TPSA) is 46.9 Å². The number of hydrogen-bond donors (Lipinski definition) is 1. The number of nitrogens with zero attached hydrogens (tertiary/aromatic N) is 2. The Bertz CT molecular complexity index is 956. The highest BCUT2D eigenvalue weighted by Gasteiger charge is 2.34. The molecule has 1 aromatic carbocycles. The van der Waals surface area contributed by atoms with Crippen LogP contribution in [-0.4, -0.2) is 15.7 Å². The Labute approximate surface area is 147 Å². The first-order valence-corrected chi connectivity index (χ1v) is 7.95. The average molecular weight is 387 g/mol. The number of thiophene rings is 1. The molecular weight excluding hydrogens is 377 g/mol. The van der Waals surface area contributed by atoms with Gasteiger partial charge in [0.25, 0.3) is 5.91 Å². The lowest BCUT2D eigenvalue weighted by Gasteiger charge is -2.05. The van der Waals surface area contributed by atoms with Crippen LogP contribution in [0.1, 0.15) is 15.4 Å². The van der Waals surface area contributed by atoms with Gasteiger partial charge in [-0.1, -0.05) is 6.07 Å². The second-order valence-electron chi connectivity index (χ2n) is 5.25. The summed E-state index contributed by atoms with van der Waals surface area (Å²) < 4.78 is 66.5. The Morgan fingerprint density at radius 3 is 2.38 bits per heavy atom. The van der Waals surface area contributed by atoms with Crippen LogP contribution in [0.25, 0.3) is 10.6 Å². The van der Waals surface area contributed by atoms with Gasteiger partial charge < -0.3 is 5.32 Å². The third kappa shape index (κ3) is 3.45. The zero-order valence-electron chi connectivity index (χ0n) is 13.1. The van der Waals surface area contributed by atoms with E-state index in [2.05, 4.69) is 10.4 Å². The van der Waals surface area contributed by atoms with Gasteiger partial charge in [-0.2, -0.15) is 18.3 Å². The molecule has 0 aliphatic heterocycles. The predicted octanol–water partition coefficient (Wildman–Crippen LogP) is 4.70. The van der Waals surface area contributed by atoms with E-state index in [4.69, 9.17) is 0 Å². The Hall–Kier alpha value is -2.75. The van der Waals surface area contributed by atoms with Crippen LogP contribution in [0.2, 0.25) is 0 Å². The van der Waals surface area contributed by atoms with Crippen LogP contribution in [0.4, 0.5) is 27.6 Å². The van der Waals surface area contributed by atoms with Crippen molar-refractivity contribution < 1.29 is 26.7 Å². The number of aryl methyl sites for hydroxylation is 1. The zero-order valence-corrected chi connectivity index (χ0v) is 13.9. The molecule has 0 bridgehead atoms. The van der Waals surface area contributed by atoms with E-state index in [9.17, 15) is 26.7 Å². The van der Waals surface area contributed by atoms with Gasteiger partial charge in [-0.15, -0.1) is 11.3 Å². The van der Waals surface area contributed by atoms with Gasteiger partial charge in [0.2, 0.25) is 0 Å². The smallest absolute Gasteiger partial charge is 0.316 e. The van der Waals surface area contributed by atoms with Gasteiger partial charge in [0.1, 0.15) is 17.3 Å². The molecule has 4 nitrogen and oxygen atoms in total. The fraction of sp³-hybridized carbons (Fsp3) is 0.125. The summed E-state index contributed by atoms with van der Waals surface area (Å²) in [6, 6.07) is 6.80. The molecule has 0 fully saturated rings. The van der Waals surface area contributed by atoms with Crippen molar-refractivity contribution in [1.82, 2.24) is 9.78 Å². The van der Waals surface area contributed by atoms with Crippen molar-refractivity contribution >= 4 is 22.9 Å². The number of para-hydroxylation sites is 1. The maximum absolute atomic E-state index is 13.6. The van der Waals surface area contributed by atoms with E-state index in [1.165, 1.54) is 19.2 Å². The normalized spacial score (nSPS) is 11.6. The molecule has 2 aromatic heterocycles. The van der Waals surface area contributed by atoms with Crippen LogP contribution in [0.5, 0.6) is 0 Å². The molecule has 1 N–H and O–H groups in total. The largest absolute Gasteiger partial charge is 0.435 e. The monoisotopic (exact) mass is 387 g/mol. The van der Waals surface area contributed by atoms with Gasteiger partial charge in [0.05, 0.1) is 15.4 Å². The van der Waals surface area contributed by atoms with Crippen molar-refractivity contribution in [1.29, 1.82) is 0 Å². The fourth-order valence-electron chi connectivity index (χ4n) is 2.23. The van der Waals surface area contributed by atoms with Gasteiger partial charge in [0.15, 0.2) is 5.69 Å². The van der Waals surface area contributed by atoms with Crippen LogP contribution in [-0.2, 0) is 13.2 Å². The first-order valence-electron chi connectivity index (χ1n) is 7.13. The van der Waals surface area contributed by atoms with Gasteiger partial charge >= 0.3 is 6.18 Å².